The highest BCUT2D eigenvalue weighted by Crippen LogP contribution is 2.44. The summed E-state index contributed by atoms with van der Waals surface area (Å²) in [6, 6.07) is 0. The van der Waals surface area contributed by atoms with Crippen LogP contribution >= 0.6 is 17.5 Å². The minimum Gasteiger partial charge on any atom is -0.157 e. The first-order valence-corrected chi connectivity index (χ1v) is 5.49. The Kier molecular flexibility index (Phi) is 1.84. The molecule has 1 fully saturated rings. The molecule has 1 heterocycles. The molecule has 1 nitrogen and oxygen atoms in total. The summed E-state index contributed by atoms with van der Waals surface area (Å²) in [6.45, 7) is 0.875. The predicted octanol–water partition coefficient (Wildman–Crippen LogP) is 1.52. The summed E-state index contributed by atoms with van der Waals surface area (Å²) in [7, 11) is 0. The highest BCUT2D eigenvalue weighted by molar-refractivity contribution is 8.63. The van der Waals surface area contributed by atoms with Gasteiger partial charge in [0.1, 0.15) is 18.0 Å². The van der Waals surface area contributed by atoms with Gasteiger partial charge in [0.2, 0.25) is 11.8 Å². The molecule has 0 spiro atoms. The van der Waals surface area contributed by atoms with Crippen molar-refractivity contribution in [1.82, 2.24) is 0 Å². The van der Waals surface area contributed by atoms with Crippen LogP contribution in [0.3, 0.4) is 0 Å². The maximum atomic E-state index is 5.00. The zero-order valence-electron chi connectivity index (χ0n) is 3.09. The van der Waals surface area contributed by atoms with E-state index < -0.39 is 6.13 Å². The maximum Gasteiger partial charge on any atom is 0.414 e. The Hall–Kier alpha value is 0.830. The van der Waals surface area contributed by atoms with Crippen LogP contribution in [0.1, 0.15) is 0 Å². The Balaban J connectivity index is 2.37. The lowest BCUT2D eigenvalue weighted by Crippen LogP contribution is -1.74. The molecular weight excluding hydrogens is 135 g/mol. The summed E-state index contributed by atoms with van der Waals surface area (Å²) in [5, 5.41) is 0. The molecule has 1 rings (SSSR count). The van der Waals surface area contributed by atoms with Crippen molar-refractivity contribution in [3.05, 3.63) is 0 Å². The minimum absolute atomic E-state index is 0.465. The molecule has 0 aliphatic carbocycles. The highest BCUT2D eigenvalue weighted by Gasteiger charge is 2.20. The predicted molar refractivity (Wildman–Crippen MR) is 32.7 cm³/mol. The van der Waals surface area contributed by atoms with E-state index >= 15 is 0 Å². The second kappa shape index (κ2) is 2.22. The van der Waals surface area contributed by atoms with E-state index in [2.05, 4.69) is 0 Å². The average molecular weight is 139 g/mol. The molecule has 0 amide bonds. The lowest BCUT2D eigenvalue weighted by molar-refractivity contribution is 0.408. The molecule has 0 N–H and O–H groups in total. The number of hydrogen-bond donors (Lipinski definition) is 0. The van der Waals surface area contributed by atoms with Gasteiger partial charge in [-0.2, -0.15) is 4.52 Å². The molecule has 0 bridgehead atoms. The molecule has 1 atom stereocenters. The van der Waals surface area contributed by atoms with Gasteiger partial charge in [-0.1, -0.05) is 0 Å². The molecule has 1 aliphatic rings. The zero-order valence-corrected chi connectivity index (χ0v) is 5.61. The van der Waals surface area contributed by atoms with E-state index in [1.165, 1.54) is 0 Å². The molecule has 1 unspecified atom stereocenters. The van der Waals surface area contributed by atoms with Crippen molar-refractivity contribution < 1.29 is 4.52 Å². The summed E-state index contributed by atoms with van der Waals surface area (Å²) < 4.78 is 5.00. The van der Waals surface area contributed by atoms with Gasteiger partial charge in [0, 0.05) is 0 Å². The Labute approximate surface area is 46.7 Å². The lowest BCUT2D eigenvalue weighted by atomic mass is 10.9. The van der Waals surface area contributed by atoms with Gasteiger partial charge in [-0.15, -0.1) is 0 Å². The van der Waals surface area contributed by atoms with E-state index in [1.807, 2.05) is 0 Å². The molecule has 0 saturated carbocycles. The Morgan fingerprint density at radius 2 is 2.67 bits per heavy atom. The summed E-state index contributed by atoms with van der Waals surface area (Å²) >= 11 is 6.56. The third kappa shape index (κ3) is 1.16. The molecule has 0 aromatic heterocycles. The standard InChI is InChI=1S/C2H4OPS2/c5-4-3-1-2-6-4/h1-2H2/q+1. The largest absolute Gasteiger partial charge is 0.414 e. The molecule has 1 aliphatic heterocycles. The number of rotatable bonds is 0. The van der Waals surface area contributed by atoms with Gasteiger partial charge in [-0.25, -0.2) is 0 Å². The van der Waals surface area contributed by atoms with Gasteiger partial charge in [0.05, 0.1) is 5.75 Å². The Morgan fingerprint density at radius 3 is 2.83 bits per heavy atom. The van der Waals surface area contributed by atoms with E-state index in [-0.39, 0.29) is 0 Å². The monoisotopic (exact) mass is 139 g/mol. The van der Waals surface area contributed by atoms with Crippen LogP contribution in [0.25, 0.3) is 0 Å². The van der Waals surface area contributed by atoms with E-state index in [0.29, 0.717) is 0 Å². The Bertz CT molecular complexity index is 65.9. The van der Waals surface area contributed by atoms with E-state index in [4.69, 9.17) is 16.3 Å². The third-order valence-corrected chi connectivity index (χ3v) is 4.19. The fraction of sp³-hybridized carbons (Fsp3) is 1.00. The van der Waals surface area contributed by atoms with Crippen LogP contribution in [-0.4, -0.2) is 12.4 Å². The molecule has 0 aromatic carbocycles. The van der Waals surface area contributed by atoms with Gasteiger partial charge in [-0.3, -0.25) is 0 Å². The second-order valence-corrected chi connectivity index (χ2v) is 5.72. The van der Waals surface area contributed by atoms with Crippen LogP contribution in [0, 0.1) is 0 Å². The Morgan fingerprint density at radius 1 is 1.83 bits per heavy atom. The average Bonchev–Trinajstić information content (AvgIpc) is 1.86. The molecule has 6 heavy (non-hydrogen) atoms. The van der Waals surface area contributed by atoms with E-state index in [1.54, 1.807) is 11.4 Å². The normalized spacial score (nSPS) is 28.3. The van der Waals surface area contributed by atoms with Gasteiger partial charge in [0.25, 0.3) is 0 Å². The van der Waals surface area contributed by atoms with Gasteiger partial charge in [-0.05, 0) is 0 Å². The van der Waals surface area contributed by atoms with Crippen molar-refractivity contribution in [3.63, 3.8) is 0 Å². The fourth-order valence-electron chi connectivity index (χ4n) is 0.261. The van der Waals surface area contributed by atoms with E-state index in [0.717, 1.165) is 12.4 Å². The van der Waals surface area contributed by atoms with Crippen molar-refractivity contribution in [3.8, 4) is 0 Å². The summed E-state index contributed by atoms with van der Waals surface area (Å²) in [4.78, 5) is 0. The first-order valence-electron chi connectivity index (χ1n) is 1.63. The maximum absolute atomic E-state index is 5.00. The smallest absolute Gasteiger partial charge is 0.157 e. The molecule has 0 aromatic rings. The molecule has 0 radical (unpaired) electrons. The summed E-state index contributed by atoms with van der Waals surface area (Å²) in [5.74, 6) is 1.11. The van der Waals surface area contributed by atoms with Crippen LogP contribution in [-0.2, 0) is 16.3 Å². The summed E-state index contributed by atoms with van der Waals surface area (Å²) in [6.07, 6.45) is -0.465. The zero-order chi connectivity index (χ0) is 4.41. The molecule has 1 saturated heterocycles. The van der Waals surface area contributed by atoms with Gasteiger partial charge >= 0.3 is 6.13 Å². The molecule has 34 valence electrons. The molecular formula is C2H4OPS2+. The van der Waals surface area contributed by atoms with Crippen molar-refractivity contribution in [1.29, 1.82) is 0 Å². The SMILES string of the molecule is S=[P+]1OCCS1. The highest BCUT2D eigenvalue weighted by atomic mass is 32.9. The van der Waals surface area contributed by atoms with Crippen LogP contribution in [0.2, 0.25) is 0 Å². The van der Waals surface area contributed by atoms with Crippen molar-refractivity contribution >= 4 is 29.3 Å². The topological polar surface area (TPSA) is 9.23 Å². The van der Waals surface area contributed by atoms with Crippen LogP contribution < -0.4 is 0 Å². The quantitative estimate of drug-likeness (QED) is 0.471. The van der Waals surface area contributed by atoms with Crippen LogP contribution in [0.4, 0.5) is 0 Å². The third-order valence-electron chi connectivity index (χ3n) is 0.477. The summed E-state index contributed by atoms with van der Waals surface area (Å²) in [5.41, 5.74) is 0. The minimum atomic E-state index is -0.465. The number of hydrogen-bond acceptors (Lipinski definition) is 3. The second-order valence-electron chi connectivity index (χ2n) is 0.890. The van der Waals surface area contributed by atoms with Gasteiger partial charge in [0.15, 0.2) is 0 Å². The van der Waals surface area contributed by atoms with Crippen molar-refractivity contribution in [2.24, 2.45) is 0 Å². The van der Waals surface area contributed by atoms with Crippen molar-refractivity contribution in [2.45, 2.75) is 0 Å². The molecule has 4 heteroatoms. The first-order chi connectivity index (χ1) is 2.89. The van der Waals surface area contributed by atoms with Crippen LogP contribution in [0.15, 0.2) is 0 Å². The van der Waals surface area contributed by atoms with Crippen LogP contribution in [0.5, 0.6) is 0 Å². The first kappa shape index (κ1) is 4.98. The van der Waals surface area contributed by atoms with Crippen molar-refractivity contribution in [2.75, 3.05) is 12.4 Å². The lowest BCUT2D eigenvalue weighted by Gasteiger charge is -1.61. The fourth-order valence-corrected chi connectivity index (χ4v) is 3.02. The van der Waals surface area contributed by atoms with Gasteiger partial charge < -0.3 is 0 Å². The van der Waals surface area contributed by atoms with E-state index in [9.17, 15) is 0 Å².